The minimum Gasteiger partial charge on any atom is -0.375 e. The van der Waals surface area contributed by atoms with Crippen LogP contribution in [0.3, 0.4) is 0 Å². The lowest BCUT2D eigenvalue weighted by molar-refractivity contribution is 0.510. The highest BCUT2D eigenvalue weighted by Crippen LogP contribution is 2.12. The predicted octanol–water partition coefficient (Wildman–Crippen LogP) is 2.00. The fourth-order valence-electron chi connectivity index (χ4n) is 0.945. The molecule has 1 heterocycles. The Labute approximate surface area is 73.5 Å². The molecule has 2 nitrogen and oxygen atoms in total. The van der Waals surface area contributed by atoms with Gasteiger partial charge >= 0.3 is 0 Å². The summed E-state index contributed by atoms with van der Waals surface area (Å²) >= 11 is 0. The molecule has 0 atom stereocenters. The van der Waals surface area contributed by atoms with Gasteiger partial charge in [0, 0.05) is 37.2 Å². The van der Waals surface area contributed by atoms with E-state index in [0.29, 0.717) is 0 Å². The molecule has 2 heteroatoms. The van der Waals surface area contributed by atoms with Gasteiger partial charge in [-0.2, -0.15) is 0 Å². The van der Waals surface area contributed by atoms with Crippen LogP contribution in [0.4, 0.5) is 0 Å². The molecule has 0 bridgehead atoms. The second-order valence-electron chi connectivity index (χ2n) is 2.70. The van der Waals surface area contributed by atoms with Crippen molar-refractivity contribution in [1.82, 2.24) is 9.88 Å². The molecule has 0 spiro atoms. The number of aromatic nitrogens is 1. The van der Waals surface area contributed by atoms with E-state index in [9.17, 15) is 0 Å². The monoisotopic (exact) mass is 162 g/mol. The Morgan fingerprint density at radius 3 is 2.92 bits per heavy atom. The summed E-state index contributed by atoms with van der Waals surface area (Å²) in [5.41, 5.74) is 2.10. The zero-order valence-corrected chi connectivity index (χ0v) is 7.62. The Morgan fingerprint density at radius 2 is 2.42 bits per heavy atom. The third-order valence-corrected chi connectivity index (χ3v) is 1.93. The summed E-state index contributed by atoms with van der Waals surface area (Å²) in [6, 6.07) is 3.94. The SMILES string of the molecule is C=C(c1cccnc1)N(C)CC. The normalized spacial score (nSPS) is 9.50. The number of hydrogen-bond donors (Lipinski definition) is 0. The average Bonchev–Trinajstić information content (AvgIpc) is 2.17. The van der Waals surface area contributed by atoms with Crippen LogP contribution in [0.1, 0.15) is 12.5 Å². The topological polar surface area (TPSA) is 16.1 Å². The van der Waals surface area contributed by atoms with Crippen molar-refractivity contribution in [3.05, 3.63) is 36.7 Å². The molecule has 0 saturated carbocycles. The lowest BCUT2D eigenvalue weighted by Gasteiger charge is -2.19. The van der Waals surface area contributed by atoms with Crippen molar-refractivity contribution >= 4 is 5.70 Å². The molecule has 0 saturated heterocycles. The highest BCUT2D eigenvalue weighted by Gasteiger charge is 2.01. The van der Waals surface area contributed by atoms with E-state index in [4.69, 9.17) is 0 Å². The van der Waals surface area contributed by atoms with Gasteiger partial charge in [-0.25, -0.2) is 0 Å². The largest absolute Gasteiger partial charge is 0.375 e. The van der Waals surface area contributed by atoms with Gasteiger partial charge in [0.1, 0.15) is 0 Å². The van der Waals surface area contributed by atoms with Gasteiger partial charge < -0.3 is 4.90 Å². The first kappa shape index (κ1) is 8.78. The minimum absolute atomic E-state index is 0.966. The van der Waals surface area contributed by atoms with Gasteiger partial charge in [-0.1, -0.05) is 6.58 Å². The molecule has 0 aliphatic rings. The molecule has 1 aromatic rings. The van der Waals surface area contributed by atoms with E-state index in [-0.39, 0.29) is 0 Å². The van der Waals surface area contributed by atoms with Gasteiger partial charge in [-0.15, -0.1) is 0 Å². The molecular formula is C10H14N2. The Hall–Kier alpha value is -1.31. The number of pyridine rings is 1. The molecule has 0 aliphatic carbocycles. The molecule has 12 heavy (non-hydrogen) atoms. The van der Waals surface area contributed by atoms with Gasteiger partial charge in [0.2, 0.25) is 0 Å². The van der Waals surface area contributed by atoms with Crippen LogP contribution >= 0.6 is 0 Å². The second-order valence-corrected chi connectivity index (χ2v) is 2.70. The van der Waals surface area contributed by atoms with Gasteiger partial charge in [-0.3, -0.25) is 4.98 Å². The van der Waals surface area contributed by atoms with Crippen molar-refractivity contribution in [3.8, 4) is 0 Å². The minimum atomic E-state index is 0.966. The van der Waals surface area contributed by atoms with Gasteiger partial charge in [0.25, 0.3) is 0 Å². The highest BCUT2D eigenvalue weighted by molar-refractivity contribution is 5.60. The summed E-state index contributed by atoms with van der Waals surface area (Å²) in [4.78, 5) is 6.13. The summed E-state index contributed by atoms with van der Waals surface area (Å²) in [5, 5.41) is 0. The Morgan fingerprint density at radius 1 is 1.67 bits per heavy atom. The van der Waals surface area contributed by atoms with E-state index in [0.717, 1.165) is 17.8 Å². The van der Waals surface area contributed by atoms with E-state index in [1.165, 1.54) is 0 Å². The van der Waals surface area contributed by atoms with E-state index >= 15 is 0 Å². The van der Waals surface area contributed by atoms with Crippen molar-refractivity contribution in [3.63, 3.8) is 0 Å². The van der Waals surface area contributed by atoms with Crippen LogP contribution < -0.4 is 0 Å². The maximum atomic E-state index is 4.03. The Kier molecular flexibility index (Phi) is 2.86. The van der Waals surface area contributed by atoms with Crippen molar-refractivity contribution in [2.45, 2.75) is 6.92 Å². The fourth-order valence-corrected chi connectivity index (χ4v) is 0.945. The van der Waals surface area contributed by atoms with Crippen molar-refractivity contribution in [2.24, 2.45) is 0 Å². The van der Waals surface area contributed by atoms with Crippen LogP contribution in [0.2, 0.25) is 0 Å². The van der Waals surface area contributed by atoms with Crippen molar-refractivity contribution in [1.29, 1.82) is 0 Å². The number of hydrogen-bond acceptors (Lipinski definition) is 2. The van der Waals surface area contributed by atoms with Gasteiger partial charge in [0.15, 0.2) is 0 Å². The molecule has 0 aromatic carbocycles. The van der Waals surface area contributed by atoms with Crippen LogP contribution in [-0.2, 0) is 0 Å². The van der Waals surface area contributed by atoms with Crippen LogP contribution in [0.5, 0.6) is 0 Å². The van der Waals surface area contributed by atoms with Crippen LogP contribution in [0.25, 0.3) is 5.70 Å². The Balaban J connectivity index is 2.79. The average molecular weight is 162 g/mol. The molecule has 1 rings (SSSR count). The maximum Gasteiger partial charge on any atom is 0.0379 e. The first-order valence-electron chi connectivity index (χ1n) is 4.06. The number of rotatable bonds is 3. The predicted molar refractivity (Wildman–Crippen MR) is 51.6 cm³/mol. The second kappa shape index (κ2) is 3.90. The van der Waals surface area contributed by atoms with Gasteiger partial charge in [0.05, 0.1) is 0 Å². The zero-order valence-electron chi connectivity index (χ0n) is 7.62. The van der Waals surface area contributed by atoms with Crippen molar-refractivity contribution in [2.75, 3.05) is 13.6 Å². The summed E-state index contributed by atoms with van der Waals surface area (Å²) in [7, 11) is 2.02. The molecule has 0 aliphatic heterocycles. The third kappa shape index (κ3) is 1.84. The van der Waals surface area contributed by atoms with E-state index in [1.807, 2.05) is 25.4 Å². The summed E-state index contributed by atoms with van der Waals surface area (Å²) in [6.07, 6.45) is 3.59. The van der Waals surface area contributed by atoms with Crippen LogP contribution in [0, 0.1) is 0 Å². The molecule has 0 N–H and O–H groups in total. The Bertz CT molecular complexity index is 254. The summed E-state index contributed by atoms with van der Waals surface area (Å²) in [5.74, 6) is 0. The van der Waals surface area contributed by atoms with E-state index in [2.05, 4.69) is 23.4 Å². The summed E-state index contributed by atoms with van der Waals surface area (Å²) < 4.78 is 0. The number of nitrogens with zero attached hydrogens (tertiary/aromatic N) is 2. The molecule has 64 valence electrons. The molecular weight excluding hydrogens is 148 g/mol. The standard InChI is InChI=1S/C10H14N2/c1-4-12(3)9(2)10-6-5-7-11-8-10/h5-8H,2,4H2,1,3H3. The van der Waals surface area contributed by atoms with Crippen LogP contribution in [0.15, 0.2) is 31.1 Å². The molecule has 0 fully saturated rings. The summed E-state index contributed by atoms with van der Waals surface area (Å²) in [6.45, 7) is 7.05. The molecule has 0 unspecified atom stereocenters. The van der Waals surface area contributed by atoms with Crippen LogP contribution in [-0.4, -0.2) is 23.5 Å². The van der Waals surface area contributed by atoms with E-state index in [1.54, 1.807) is 6.20 Å². The molecule has 0 radical (unpaired) electrons. The third-order valence-electron chi connectivity index (χ3n) is 1.93. The fraction of sp³-hybridized carbons (Fsp3) is 0.300. The molecule has 0 amide bonds. The van der Waals surface area contributed by atoms with E-state index < -0.39 is 0 Å². The zero-order chi connectivity index (χ0) is 8.97. The maximum absolute atomic E-state index is 4.03. The highest BCUT2D eigenvalue weighted by atomic mass is 15.1. The first-order chi connectivity index (χ1) is 5.75. The lowest BCUT2D eigenvalue weighted by Crippen LogP contribution is -2.14. The lowest BCUT2D eigenvalue weighted by atomic mass is 10.2. The molecule has 1 aromatic heterocycles. The quantitative estimate of drug-likeness (QED) is 0.675. The van der Waals surface area contributed by atoms with Gasteiger partial charge in [-0.05, 0) is 19.1 Å². The van der Waals surface area contributed by atoms with Crippen molar-refractivity contribution < 1.29 is 0 Å². The smallest absolute Gasteiger partial charge is 0.0379 e. The first-order valence-corrected chi connectivity index (χ1v) is 4.06.